The van der Waals surface area contributed by atoms with Gasteiger partial charge in [-0.2, -0.15) is 0 Å². The number of hydrogen-bond donors (Lipinski definition) is 1. The fourth-order valence-corrected chi connectivity index (χ4v) is 2.45. The number of pyridine rings is 1. The van der Waals surface area contributed by atoms with Gasteiger partial charge in [-0.3, -0.25) is 14.3 Å². The normalized spacial score (nSPS) is 17.4. The molecule has 6 heteroatoms. The lowest BCUT2D eigenvalue weighted by Crippen LogP contribution is -2.47. The Labute approximate surface area is 123 Å². The van der Waals surface area contributed by atoms with E-state index in [0.717, 1.165) is 19.4 Å². The van der Waals surface area contributed by atoms with Crippen molar-refractivity contribution in [1.82, 2.24) is 9.58 Å². The molecule has 0 spiro atoms. The summed E-state index contributed by atoms with van der Waals surface area (Å²) in [6.07, 6.45) is 5.81. The Hall–Kier alpha value is -1.98. The van der Waals surface area contributed by atoms with Crippen LogP contribution in [0.15, 0.2) is 17.1 Å². The van der Waals surface area contributed by atoms with Gasteiger partial charge in [-0.15, -0.1) is 0 Å². The summed E-state index contributed by atoms with van der Waals surface area (Å²) in [5.41, 5.74) is 3.23. The Morgan fingerprint density at radius 1 is 1.38 bits per heavy atom. The third-order valence-electron chi connectivity index (χ3n) is 3.90. The minimum absolute atomic E-state index is 0.121. The molecule has 1 N–H and O–H groups in total. The van der Waals surface area contributed by atoms with Crippen LogP contribution in [-0.4, -0.2) is 35.3 Å². The largest absolute Gasteiger partial charge is 0.487 e. The van der Waals surface area contributed by atoms with Crippen molar-refractivity contribution in [3.8, 4) is 5.75 Å². The topological polar surface area (TPSA) is 63.6 Å². The zero-order valence-corrected chi connectivity index (χ0v) is 12.3. The maximum absolute atomic E-state index is 12.6. The number of rotatable bonds is 6. The Morgan fingerprint density at radius 3 is 2.90 bits per heavy atom. The molecule has 1 saturated carbocycles. The molecule has 21 heavy (non-hydrogen) atoms. The first-order valence-electron chi connectivity index (χ1n) is 7.62. The minimum atomic E-state index is -0.235. The van der Waals surface area contributed by atoms with Gasteiger partial charge in [0.05, 0.1) is 6.61 Å². The third kappa shape index (κ3) is 2.89. The average molecular weight is 291 g/mol. The van der Waals surface area contributed by atoms with Crippen molar-refractivity contribution in [2.75, 3.05) is 25.2 Å². The number of carbonyl (C=O) groups excluding carboxylic acids is 1. The van der Waals surface area contributed by atoms with Crippen LogP contribution in [0.3, 0.4) is 0 Å². The number of amides is 1. The molecule has 1 fully saturated rings. The molecule has 1 aromatic rings. The minimum Gasteiger partial charge on any atom is -0.487 e. The molecule has 1 aromatic heterocycles. The number of nitrogens with zero attached hydrogens (tertiary/aromatic N) is 2. The van der Waals surface area contributed by atoms with Crippen LogP contribution in [0.5, 0.6) is 5.75 Å². The molecule has 0 radical (unpaired) electrons. The van der Waals surface area contributed by atoms with E-state index in [1.165, 1.54) is 18.9 Å². The molecule has 114 valence electrons. The molecule has 1 aliphatic carbocycles. The number of ether oxygens (including phenoxy) is 1. The van der Waals surface area contributed by atoms with E-state index >= 15 is 0 Å². The highest BCUT2D eigenvalue weighted by atomic mass is 16.5. The van der Waals surface area contributed by atoms with Gasteiger partial charge < -0.3 is 15.1 Å². The number of fused-ring (bicyclic) bond motifs is 1. The molecule has 0 aromatic carbocycles. The summed E-state index contributed by atoms with van der Waals surface area (Å²) in [7, 11) is 0. The molecule has 0 unspecified atom stereocenters. The second-order valence-corrected chi connectivity index (χ2v) is 5.72. The van der Waals surface area contributed by atoms with Gasteiger partial charge in [-0.25, -0.2) is 0 Å². The molecule has 2 aliphatic rings. The lowest BCUT2D eigenvalue weighted by atomic mass is 10.2. The van der Waals surface area contributed by atoms with Gasteiger partial charge in [0.25, 0.3) is 5.91 Å². The summed E-state index contributed by atoms with van der Waals surface area (Å²) < 4.78 is 7.20. The molecule has 2 heterocycles. The quantitative estimate of drug-likeness (QED) is 0.805. The van der Waals surface area contributed by atoms with Crippen LogP contribution in [0, 0.1) is 5.92 Å². The molecule has 0 saturated heterocycles. The molecule has 0 atom stereocenters. The molecule has 1 aliphatic heterocycles. The zero-order chi connectivity index (χ0) is 14.8. The fraction of sp³-hybridized carbons (Fsp3) is 0.600. The number of nitrogens with one attached hydrogen (secondary N) is 1. The van der Waals surface area contributed by atoms with Gasteiger partial charge in [0.15, 0.2) is 11.4 Å². The number of unbranched alkanes of at least 4 members (excludes halogenated alkanes) is 1. The summed E-state index contributed by atoms with van der Waals surface area (Å²) in [6.45, 7) is 3.74. The van der Waals surface area contributed by atoms with Crippen LogP contribution in [-0.2, 0) is 0 Å². The van der Waals surface area contributed by atoms with Gasteiger partial charge in [0, 0.05) is 18.8 Å². The average Bonchev–Trinajstić information content (AvgIpc) is 3.28. The highest BCUT2D eigenvalue weighted by Gasteiger charge is 2.33. The molecular formula is C15H21N3O3. The first kappa shape index (κ1) is 14.0. The summed E-state index contributed by atoms with van der Waals surface area (Å²) >= 11 is 0. The number of carbonyl (C=O) groups is 1. The molecular weight excluding hydrogens is 270 g/mol. The predicted octanol–water partition coefficient (Wildman–Crippen LogP) is 1.39. The lowest BCUT2D eigenvalue weighted by Gasteiger charge is -2.31. The molecule has 1 amide bonds. The van der Waals surface area contributed by atoms with Crippen molar-refractivity contribution >= 4 is 5.91 Å². The summed E-state index contributed by atoms with van der Waals surface area (Å²) in [6, 6.07) is 1.43. The Morgan fingerprint density at radius 2 is 2.19 bits per heavy atom. The highest BCUT2D eigenvalue weighted by Crippen LogP contribution is 2.31. The fourth-order valence-electron chi connectivity index (χ4n) is 2.45. The molecule has 3 rings (SSSR count). The van der Waals surface area contributed by atoms with Gasteiger partial charge in [-0.1, -0.05) is 13.3 Å². The number of hydrogen-bond acceptors (Lipinski definition) is 4. The summed E-state index contributed by atoms with van der Waals surface area (Å²) in [5, 5.41) is 0. The van der Waals surface area contributed by atoms with Crippen LogP contribution >= 0.6 is 0 Å². The van der Waals surface area contributed by atoms with E-state index in [-0.39, 0.29) is 17.1 Å². The van der Waals surface area contributed by atoms with Gasteiger partial charge in [0.1, 0.15) is 6.67 Å². The van der Waals surface area contributed by atoms with Gasteiger partial charge in [-0.05, 0) is 25.2 Å². The lowest BCUT2D eigenvalue weighted by molar-refractivity contribution is 0.0712. The first-order valence-corrected chi connectivity index (χ1v) is 7.62. The first-order chi connectivity index (χ1) is 10.2. The van der Waals surface area contributed by atoms with Crippen LogP contribution in [0.2, 0.25) is 0 Å². The maximum Gasteiger partial charge on any atom is 0.277 e. The van der Waals surface area contributed by atoms with Crippen LogP contribution in [0.4, 0.5) is 0 Å². The molecule has 6 nitrogen and oxygen atoms in total. The Balaban J connectivity index is 1.87. The van der Waals surface area contributed by atoms with E-state index < -0.39 is 0 Å². The van der Waals surface area contributed by atoms with Crippen LogP contribution in [0.25, 0.3) is 0 Å². The second-order valence-electron chi connectivity index (χ2n) is 5.72. The van der Waals surface area contributed by atoms with Crippen molar-refractivity contribution in [3.63, 3.8) is 0 Å². The van der Waals surface area contributed by atoms with E-state index in [2.05, 4.69) is 12.3 Å². The second kappa shape index (κ2) is 5.79. The van der Waals surface area contributed by atoms with E-state index in [9.17, 15) is 9.59 Å². The van der Waals surface area contributed by atoms with Crippen molar-refractivity contribution in [1.29, 1.82) is 0 Å². The number of aromatic nitrogens is 1. The van der Waals surface area contributed by atoms with E-state index in [0.29, 0.717) is 24.9 Å². The predicted molar refractivity (Wildman–Crippen MR) is 79.1 cm³/mol. The van der Waals surface area contributed by atoms with Crippen LogP contribution < -0.4 is 15.6 Å². The van der Waals surface area contributed by atoms with E-state index in [1.807, 2.05) is 0 Å². The molecule has 0 bridgehead atoms. The SMILES string of the molecule is CCCCOc1c2n(ccc1=O)NCN(CC1CC1)C2=O. The van der Waals surface area contributed by atoms with Crippen LogP contribution in [0.1, 0.15) is 43.1 Å². The summed E-state index contributed by atoms with van der Waals surface area (Å²) in [4.78, 5) is 26.4. The highest BCUT2D eigenvalue weighted by molar-refractivity contribution is 5.96. The standard InChI is InChI=1S/C15H21N3O3/c1-2-3-8-21-14-12(19)6-7-18-13(14)15(20)17(10-16-18)9-11-4-5-11/h6-7,11,16H,2-5,8-10H2,1H3. The van der Waals surface area contributed by atoms with E-state index in [4.69, 9.17) is 4.74 Å². The Bertz CT molecular complexity index is 592. The monoisotopic (exact) mass is 291 g/mol. The smallest absolute Gasteiger partial charge is 0.277 e. The van der Waals surface area contributed by atoms with Gasteiger partial charge >= 0.3 is 0 Å². The van der Waals surface area contributed by atoms with Crippen molar-refractivity contribution in [3.05, 3.63) is 28.2 Å². The maximum atomic E-state index is 12.6. The van der Waals surface area contributed by atoms with Gasteiger partial charge in [0.2, 0.25) is 5.43 Å². The third-order valence-corrected chi connectivity index (χ3v) is 3.90. The van der Waals surface area contributed by atoms with Crippen molar-refractivity contribution in [2.24, 2.45) is 5.92 Å². The van der Waals surface area contributed by atoms with Crippen molar-refractivity contribution < 1.29 is 9.53 Å². The Kier molecular flexibility index (Phi) is 3.86. The van der Waals surface area contributed by atoms with E-state index in [1.54, 1.807) is 15.8 Å². The van der Waals surface area contributed by atoms with Crippen molar-refractivity contribution in [2.45, 2.75) is 32.6 Å². The zero-order valence-electron chi connectivity index (χ0n) is 12.3. The summed E-state index contributed by atoms with van der Waals surface area (Å²) in [5.74, 6) is 0.663.